The third kappa shape index (κ3) is 4.82. The minimum atomic E-state index is -0.778. The molecule has 0 aliphatic rings. The number of hydrogen-bond donors (Lipinski definition) is 1. The molecule has 0 heterocycles. The van der Waals surface area contributed by atoms with Gasteiger partial charge in [-0.2, -0.15) is 0 Å². The van der Waals surface area contributed by atoms with E-state index >= 15 is 0 Å². The number of amides is 1. The van der Waals surface area contributed by atoms with E-state index in [0.717, 1.165) is 17.7 Å². The minimum absolute atomic E-state index is 0.0528. The molecule has 0 bridgehead atoms. The maximum absolute atomic E-state index is 13.3. The summed E-state index contributed by atoms with van der Waals surface area (Å²) in [7, 11) is 0. The van der Waals surface area contributed by atoms with Gasteiger partial charge in [0.15, 0.2) is 11.6 Å². The summed E-state index contributed by atoms with van der Waals surface area (Å²) in [6.45, 7) is 1.96. The molecule has 0 saturated heterocycles. The Kier molecular flexibility index (Phi) is 5.70. The highest BCUT2D eigenvalue weighted by atomic mass is 19.1. The van der Waals surface area contributed by atoms with E-state index in [1.165, 1.54) is 6.07 Å². The van der Waals surface area contributed by atoms with Crippen LogP contribution in [0.15, 0.2) is 42.5 Å². The van der Waals surface area contributed by atoms with E-state index in [2.05, 4.69) is 17.2 Å². The van der Waals surface area contributed by atoms with Crippen molar-refractivity contribution >= 4 is 5.91 Å². The molecule has 1 N–H and O–H groups in total. The van der Waals surface area contributed by atoms with E-state index < -0.39 is 11.6 Å². The van der Waals surface area contributed by atoms with Crippen LogP contribution in [0.4, 0.5) is 8.78 Å². The van der Waals surface area contributed by atoms with E-state index in [1.54, 1.807) is 12.1 Å². The fourth-order valence-electron chi connectivity index (χ4n) is 1.87. The molecule has 0 radical (unpaired) electrons. The summed E-state index contributed by atoms with van der Waals surface area (Å²) < 4.78 is 31.1. The lowest BCUT2D eigenvalue weighted by atomic mass is 10.1. The molecule has 0 saturated carbocycles. The van der Waals surface area contributed by atoms with Crippen molar-refractivity contribution in [3.63, 3.8) is 0 Å². The monoisotopic (exact) mass is 315 g/mol. The second-order valence-corrected chi connectivity index (χ2v) is 4.71. The summed E-state index contributed by atoms with van der Waals surface area (Å²) in [5.74, 6) is 3.64. The molecule has 0 spiro atoms. The van der Waals surface area contributed by atoms with E-state index in [1.807, 2.05) is 19.1 Å². The standard InChI is InChI=1S/C18H15F2NO2/c1-13-6-2-3-7-15(13)18(22)21-10-4-5-11-23-17-9-8-14(19)12-16(17)20/h2-3,6-9,12H,10-11H2,1H3,(H,21,22). The highest BCUT2D eigenvalue weighted by Gasteiger charge is 2.06. The fourth-order valence-corrected chi connectivity index (χ4v) is 1.87. The van der Waals surface area contributed by atoms with Gasteiger partial charge in [0, 0.05) is 11.6 Å². The molecule has 2 rings (SSSR count). The van der Waals surface area contributed by atoms with E-state index in [0.29, 0.717) is 5.56 Å². The molecule has 0 fully saturated rings. The Labute approximate surface area is 133 Å². The quantitative estimate of drug-likeness (QED) is 0.881. The molecule has 0 unspecified atom stereocenters. The molecule has 118 valence electrons. The van der Waals surface area contributed by atoms with Crippen LogP contribution in [0.2, 0.25) is 0 Å². The summed E-state index contributed by atoms with van der Waals surface area (Å²) in [5.41, 5.74) is 1.48. The Morgan fingerprint density at radius 1 is 1.17 bits per heavy atom. The molecule has 0 aliphatic heterocycles. The summed E-state index contributed by atoms with van der Waals surface area (Å²) in [5, 5.41) is 2.67. The third-order valence-corrected chi connectivity index (χ3v) is 3.05. The lowest BCUT2D eigenvalue weighted by molar-refractivity contribution is 0.0958. The fraction of sp³-hybridized carbons (Fsp3) is 0.167. The molecule has 0 atom stereocenters. The zero-order valence-electron chi connectivity index (χ0n) is 12.5. The van der Waals surface area contributed by atoms with Crippen molar-refractivity contribution < 1.29 is 18.3 Å². The van der Waals surface area contributed by atoms with Crippen LogP contribution in [-0.4, -0.2) is 19.1 Å². The van der Waals surface area contributed by atoms with Gasteiger partial charge in [0.05, 0.1) is 6.54 Å². The number of ether oxygens (including phenoxy) is 1. The molecule has 2 aromatic rings. The normalized spacial score (nSPS) is 9.70. The van der Waals surface area contributed by atoms with Gasteiger partial charge in [-0.05, 0) is 30.7 Å². The summed E-state index contributed by atoms with van der Waals surface area (Å²) in [6.07, 6.45) is 0. The number of hydrogen-bond acceptors (Lipinski definition) is 2. The van der Waals surface area contributed by atoms with Gasteiger partial charge in [0.1, 0.15) is 12.4 Å². The molecule has 5 heteroatoms. The number of halogens is 2. The molecule has 23 heavy (non-hydrogen) atoms. The minimum Gasteiger partial charge on any atom is -0.478 e. The van der Waals surface area contributed by atoms with Crippen LogP contribution in [0.25, 0.3) is 0 Å². The average molecular weight is 315 g/mol. The van der Waals surface area contributed by atoms with Gasteiger partial charge in [-0.1, -0.05) is 30.0 Å². The highest BCUT2D eigenvalue weighted by molar-refractivity contribution is 5.95. The Morgan fingerprint density at radius 3 is 2.70 bits per heavy atom. The van der Waals surface area contributed by atoms with Gasteiger partial charge in [-0.15, -0.1) is 0 Å². The first kappa shape index (κ1) is 16.5. The number of benzene rings is 2. The summed E-state index contributed by atoms with van der Waals surface area (Å²) in [4.78, 5) is 11.9. The van der Waals surface area contributed by atoms with Gasteiger partial charge in [-0.25, -0.2) is 8.78 Å². The Hall–Kier alpha value is -2.87. The van der Waals surface area contributed by atoms with Crippen LogP contribution >= 0.6 is 0 Å². The average Bonchev–Trinajstić information content (AvgIpc) is 2.52. The molecule has 0 aliphatic carbocycles. The van der Waals surface area contributed by atoms with Crippen molar-refractivity contribution in [3.05, 3.63) is 65.2 Å². The number of nitrogens with one attached hydrogen (secondary N) is 1. The maximum atomic E-state index is 13.3. The first-order valence-corrected chi connectivity index (χ1v) is 6.95. The largest absolute Gasteiger partial charge is 0.478 e. The van der Waals surface area contributed by atoms with Crippen LogP contribution in [0.1, 0.15) is 15.9 Å². The molecular weight excluding hydrogens is 300 g/mol. The molecule has 1 amide bonds. The van der Waals surface area contributed by atoms with Gasteiger partial charge in [0.25, 0.3) is 5.91 Å². The second-order valence-electron chi connectivity index (χ2n) is 4.71. The number of aryl methyl sites for hydroxylation is 1. The van der Waals surface area contributed by atoms with E-state index in [4.69, 9.17) is 4.74 Å². The van der Waals surface area contributed by atoms with Crippen LogP contribution in [0, 0.1) is 30.4 Å². The van der Waals surface area contributed by atoms with Gasteiger partial charge >= 0.3 is 0 Å². The van der Waals surface area contributed by atoms with Gasteiger partial charge < -0.3 is 10.1 Å². The van der Waals surface area contributed by atoms with E-state index in [9.17, 15) is 13.6 Å². The Morgan fingerprint density at radius 2 is 1.96 bits per heavy atom. The van der Waals surface area contributed by atoms with Crippen molar-refractivity contribution in [3.8, 4) is 17.6 Å². The van der Waals surface area contributed by atoms with Gasteiger partial charge in [0.2, 0.25) is 0 Å². The summed E-state index contributed by atoms with van der Waals surface area (Å²) >= 11 is 0. The lowest BCUT2D eigenvalue weighted by Crippen LogP contribution is -2.24. The van der Waals surface area contributed by atoms with Crippen LogP contribution in [0.3, 0.4) is 0 Å². The number of carbonyl (C=O) groups excluding carboxylic acids is 1. The predicted octanol–water partition coefficient (Wildman–Crippen LogP) is 3.09. The van der Waals surface area contributed by atoms with Crippen molar-refractivity contribution in [1.82, 2.24) is 5.32 Å². The number of carbonyl (C=O) groups is 1. The maximum Gasteiger partial charge on any atom is 0.252 e. The van der Waals surface area contributed by atoms with Gasteiger partial charge in [-0.3, -0.25) is 4.79 Å². The molecular formula is C18H15F2NO2. The highest BCUT2D eigenvalue weighted by Crippen LogP contribution is 2.17. The SMILES string of the molecule is Cc1ccccc1C(=O)NCC#CCOc1ccc(F)cc1F. The molecule has 2 aromatic carbocycles. The topological polar surface area (TPSA) is 38.3 Å². The third-order valence-electron chi connectivity index (χ3n) is 3.05. The Bertz CT molecular complexity index is 763. The smallest absolute Gasteiger partial charge is 0.252 e. The van der Waals surface area contributed by atoms with Crippen molar-refractivity contribution in [1.29, 1.82) is 0 Å². The summed E-state index contributed by atoms with van der Waals surface area (Å²) in [6, 6.07) is 10.3. The molecule has 3 nitrogen and oxygen atoms in total. The zero-order chi connectivity index (χ0) is 16.7. The van der Waals surface area contributed by atoms with Crippen molar-refractivity contribution in [2.75, 3.05) is 13.2 Å². The molecule has 0 aromatic heterocycles. The Balaban J connectivity index is 1.78. The van der Waals surface area contributed by atoms with E-state index in [-0.39, 0.29) is 24.8 Å². The van der Waals surface area contributed by atoms with Crippen LogP contribution in [-0.2, 0) is 0 Å². The van der Waals surface area contributed by atoms with Crippen LogP contribution < -0.4 is 10.1 Å². The van der Waals surface area contributed by atoms with Crippen molar-refractivity contribution in [2.45, 2.75) is 6.92 Å². The van der Waals surface area contributed by atoms with Crippen molar-refractivity contribution in [2.24, 2.45) is 0 Å². The first-order chi connectivity index (χ1) is 11.1. The number of rotatable bonds is 4. The lowest BCUT2D eigenvalue weighted by Gasteiger charge is -2.04. The first-order valence-electron chi connectivity index (χ1n) is 6.95. The zero-order valence-corrected chi connectivity index (χ0v) is 12.5. The predicted molar refractivity (Wildman–Crippen MR) is 83.1 cm³/mol. The van der Waals surface area contributed by atoms with Crippen LogP contribution in [0.5, 0.6) is 5.75 Å². The second kappa shape index (κ2) is 7.95.